The monoisotopic (exact) mass is 506 g/mol. The van der Waals surface area contributed by atoms with Crippen molar-refractivity contribution in [2.75, 3.05) is 12.4 Å². The standard InChI is InChI=1S/C22H14Cl4N4O2/c1-32-22-28-20(12-2-8-16(23)18(25)10-12)30(29-22)15-6-4-14(5-7-15)27-21(31)13-3-9-17(24)19(26)11-13/h2-11H,1H3,(H,27,31). The van der Waals surface area contributed by atoms with Gasteiger partial charge in [-0.2, -0.15) is 4.98 Å². The van der Waals surface area contributed by atoms with Crippen molar-refractivity contribution in [2.24, 2.45) is 0 Å². The van der Waals surface area contributed by atoms with Crippen LogP contribution in [0.4, 0.5) is 5.69 Å². The number of rotatable bonds is 5. The van der Waals surface area contributed by atoms with Crippen LogP contribution in [-0.4, -0.2) is 27.8 Å². The van der Waals surface area contributed by atoms with Crippen molar-refractivity contribution < 1.29 is 9.53 Å². The minimum absolute atomic E-state index is 0.197. The van der Waals surface area contributed by atoms with Gasteiger partial charge in [0, 0.05) is 16.8 Å². The van der Waals surface area contributed by atoms with Crippen molar-refractivity contribution in [2.45, 2.75) is 0 Å². The molecule has 4 rings (SSSR count). The summed E-state index contributed by atoms with van der Waals surface area (Å²) in [7, 11) is 1.49. The lowest BCUT2D eigenvalue weighted by atomic mass is 10.2. The molecule has 0 saturated carbocycles. The maximum absolute atomic E-state index is 12.5. The highest BCUT2D eigenvalue weighted by Crippen LogP contribution is 2.30. The molecule has 32 heavy (non-hydrogen) atoms. The molecule has 6 nitrogen and oxygen atoms in total. The first kappa shape index (κ1) is 22.4. The number of benzene rings is 3. The molecule has 0 unspecified atom stereocenters. The fraction of sp³-hybridized carbons (Fsp3) is 0.0455. The van der Waals surface area contributed by atoms with Crippen molar-refractivity contribution in [3.05, 3.63) is 86.3 Å². The number of halogens is 4. The molecule has 10 heteroatoms. The summed E-state index contributed by atoms with van der Waals surface area (Å²) in [6.07, 6.45) is 0. The molecule has 0 aliphatic rings. The number of hydrogen-bond acceptors (Lipinski definition) is 4. The Morgan fingerprint density at radius 1 is 0.875 bits per heavy atom. The average Bonchev–Trinajstić information content (AvgIpc) is 3.22. The van der Waals surface area contributed by atoms with Gasteiger partial charge in [0.2, 0.25) is 0 Å². The van der Waals surface area contributed by atoms with Crippen molar-refractivity contribution in [1.29, 1.82) is 0 Å². The van der Waals surface area contributed by atoms with E-state index in [4.69, 9.17) is 51.1 Å². The molecule has 4 aromatic rings. The number of ether oxygens (including phenoxy) is 1. The first-order valence-electron chi connectivity index (χ1n) is 9.19. The fourth-order valence-electron chi connectivity index (χ4n) is 2.91. The van der Waals surface area contributed by atoms with Crippen LogP contribution in [0.15, 0.2) is 60.7 Å². The van der Waals surface area contributed by atoms with Gasteiger partial charge in [-0.3, -0.25) is 4.79 Å². The number of carbonyl (C=O) groups excluding carboxylic acids is 1. The minimum Gasteiger partial charge on any atom is -0.466 e. The van der Waals surface area contributed by atoms with Crippen LogP contribution in [0.25, 0.3) is 17.1 Å². The van der Waals surface area contributed by atoms with Crippen molar-refractivity contribution in [1.82, 2.24) is 14.8 Å². The molecule has 1 heterocycles. The van der Waals surface area contributed by atoms with Crippen molar-refractivity contribution in [3.63, 3.8) is 0 Å². The Bertz CT molecular complexity index is 1310. The number of amides is 1. The van der Waals surface area contributed by atoms with Crippen LogP contribution in [0.2, 0.25) is 20.1 Å². The van der Waals surface area contributed by atoms with Gasteiger partial charge in [0.05, 0.1) is 32.9 Å². The molecule has 0 atom stereocenters. The second-order valence-electron chi connectivity index (χ2n) is 6.59. The van der Waals surface area contributed by atoms with Crippen LogP contribution in [0.1, 0.15) is 10.4 Å². The molecule has 0 aliphatic heterocycles. The summed E-state index contributed by atoms with van der Waals surface area (Å²) < 4.78 is 6.81. The molecule has 3 aromatic carbocycles. The van der Waals surface area contributed by atoms with Gasteiger partial charge in [0.25, 0.3) is 5.91 Å². The summed E-state index contributed by atoms with van der Waals surface area (Å²) in [5, 5.41) is 8.73. The highest BCUT2D eigenvalue weighted by molar-refractivity contribution is 6.42. The van der Waals surface area contributed by atoms with E-state index in [-0.39, 0.29) is 11.9 Å². The Labute approximate surface area is 203 Å². The quantitative estimate of drug-likeness (QED) is 0.322. The molecule has 0 bridgehead atoms. The number of anilines is 1. The van der Waals surface area contributed by atoms with E-state index in [0.717, 1.165) is 0 Å². The van der Waals surface area contributed by atoms with Crippen LogP contribution < -0.4 is 10.1 Å². The molecule has 0 spiro atoms. The first-order chi connectivity index (χ1) is 15.4. The Hall–Kier alpha value is -2.77. The maximum Gasteiger partial charge on any atom is 0.336 e. The zero-order chi connectivity index (χ0) is 22.8. The van der Waals surface area contributed by atoms with E-state index in [9.17, 15) is 4.79 Å². The average molecular weight is 508 g/mol. The van der Waals surface area contributed by atoms with Crippen molar-refractivity contribution in [3.8, 4) is 23.1 Å². The lowest BCUT2D eigenvalue weighted by Crippen LogP contribution is -2.12. The number of nitrogens with one attached hydrogen (secondary N) is 1. The van der Waals surface area contributed by atoms with Gasteiger partial charge in [0.15, 0.2) is 5.82 Å². The Kier molecular flexibility index (Phi) is 6.58. The lowest BCUT2D eigenvalue weighted by Gasteiger charge is -2.09. The van der Waals surface area contributed by atoms with E-state index in [1.165, 1.54) is 13.2 Å². The van der Waals surface area contributed by atoms with Gasteiger partial charge in [-0.1, -0.05) is 46.4 Å². The maximum atomic E-state index is 12.5. The molecule has 0 radical (unpaired) electrons. The second kappa shape index (κ2) is 9.38. The number of aromatic nitrogens is 3. The van der Waals surface area contributed by atoms with E-state index >= 15 is 0 Å². The van der Waals surface area contributed by atoms with Crippen LogP contribution in [0.3, 0.4) is 0 Å². The van der Waals surface area contributed by atoms with E-state index in [1.54, 1.807) is 59.3 Å². The van der Waals surface area contributed by atoms with Crippen LogP contribution in [0.5, 0.6) is 6.01 Å². The van der Waals surface area contributed by atoms with Gasteiger partial charge >= 0.3 is 6.01 Å². The number of nitrogens with zero attached hydrogens (tertiary/aromatic N) is 3. The zero-order valence-electron chi connectivity index (χ0n) is 16.4. The van der Waals surface area contributed by atoms with Crippen LogP contribution in [-0.2, 0) is 0 Å². The number of hydrogen-bond donors (Lipinski definition) is 1. The van der Waals surface area contributed by atoms with Gasteiger partial charge in [-0.05, 0) is 60.7 Å². The highest BCUT2D eigenvalue weighted by Gasteiger charge is 2.16. The van der Waals surface area contributed by atoms with Crippen LogP contribution in [0, 0.1) is 0 Å². The summed E-state index contributed by atoms with van der Waals surface area (Å²) in [6.45, 7) is 0. The summed E-state index contributed by atoms with van der Waals surface area (Å²) in [5.41, 5.74) is 2.40. The Morgan fingerprint density at radius 3 is 2.16 bits per heavy atom. The van der Waals surface area contributed by atoms with Gasteiger partial charge < -0.3 is 10.1 Å². The number of methoxy groups -OCH3 is 1. The van der Waals surface area contributed by atoms with E-state index in [2.05, 4.69) is 15.4 Å². The molecule has 1 amide bonds. The summed E-state index contributed by atoms with van der Waals surface area (Å²) in [4.78, 5) is 16.9. The molecule has 0 aliphatic carbocycles. The predicted molar refractivity (Wildman–Crippen MR) is 128 cm³/mol. The predicted octanol–water partition coefficient (Wildman–Crippen LogP) is 6.81. The molecule has 1 aromatic heterocycles. The van der Waals surface area contributed by atoms with E-state index in [1.807, 2.05) is 0 Å². The SMILES string of the molecule is COc1nc(-c2ccc(Cl)c(Cl)c2)n(-c2ccc(NC(=O)c3ccc(Cl)c(Cl)c3)cc2)n1. The molecule has 162 valence electrons. The topological polar surface area (TPSA) is 69.0 Å². The third-order valence-corrected chi connectivity index (χ3v) is 5.98. The highest BCUT2D eigenvalue weighted by atomic mass is 35.5. The zero-order valence-corrected chi connectivity index (χ0v) is 19.5. The summed E-state index contributed by atoms with van der Waals surface area (Å²) >= 11 is 24.1. The number of carbonyl (C=O) groups is 1. The lowest BCUT2D eigenvalue weighted by molar-refractivity contribution is 0.102. The Balaban J connectivity index is 1.61. The minimum atomic E-state index is -0.310. The molecule has 1 N–H and O–H groups in total. The third-order valence-electron chi connectivity index (χ3n) is 4.50. The summed E-state index contributed by atoms with van der Waals surface area (Å²) in [6, 6.07) is 17.1. The second-order valence-corrected chi connectivity index (χ2v) is 8.22. The van der Waals surface area contributed by atoms with Gasteiger partial charge in [-0.25, -0.2) is 4.68 Å². The molecular formula is C22H14Cl4N4O2. The summed E-state index contributed by atoms with van der Waals surface area (Å²) in [5.74, 6) is 0.211. The van der Waals surface area contributed by atoms with Gasteiger partial charge in [0.1, 0.15) is 0 Å². The molecular weight excluding hydrogens is 494 g/mol. The smallest absolute Gasteiger partial charge is 0.336 e. The Morgan fingerprint density at radius 2 is 1.53 bits per heavy atom. The van der Waals surface area contributed by atoms with E-state index in [0.29, 0.717) is 48.4 Å². The fourth-order valence-corrected chi connectivity index (χ4v) is 3.50. The largest absolute Gasteiger partial charge is 0.466 e. The normalized spacial score (nSPS) is 10.8. The first-order valence-corrected chi connectivity index (χ1v) is 10.7. The third kappa shape index (κ3) is 4.69. The van der Waals surface area contributed by atoms with E-state index < -0.39 is 0 Å². The molecule has 0 saturated heterocycles. The van der Waals surface area contributed by atoms with Gasteiger partial charge in [-0.15, -0.1) is 5.10 Å². The molecule has 0 fully saturated rings. The van der Waals surface area contributed by atoms with Crippen LogP contribution >= 0.6 is 46.4 Å². The van der Waals surface area contributed by atoms with Crippen molar-refractivity contribution >= 4 is 58.0 Å².